The van der Waals surface area contributed by atoms with E-state index in [2.05, 4.69) is 34.3 Å². The molecule has 1 aliphatic heterocycles. The summed E-state index contributed by atoms with van der Waals surface area (Å²) in [4.78, 5) is 21.9. The number of nitrogens with zero attached hydrogens (tertiary/aromatic N) is 4. The Morgan fingerprint density at radius 1 is 1.13 bits per heavy atom. The van der Waals surface area contributed by atoms with Gasteiger partial charge in [0.05, 0.1) is 11.5 Å². The molecule has 0 bridgehead atoms. The quantitative estimate of drug-likeness (QED) is 0.316. The molecule has 4 rings (SSSR count). The van der Waals surface area contributed by atoms with Gasteiger partial charge in [0.2, 0.25) is 11.6 Å². The molecule has 1 aliphatic rings. The minimum absolute atomic E-state index is 0.120. The molecule has 1 aromatic heterocycles. The molecule has 0 fully saturated rings. The van der Waals surface area contributed by atoms with Crippen molar-refractivity contribution in [2.24, 2.45) is 0 Å². The summed E-state index contributed by atoms with van der Waals surface area (Å²) in [6.07, 6.45) is 4.26. The summed E-state index contributed by atoms with van der Waals surface area (Å²) in [6, 6.07) is 15.5. The number of benzene rings is 2. The van der Waals surface area contributed by atoms with Gasteiger partial charge >= 0.3 is 5.69 Å². The molecule has 0 unspecified atom stereocenters. The molecule has 0 amide bonds. The van der Waals surface area contributed by atoms with Crippen LogP contribution in [0.1, 0.15) is 30.9 Å². The van der Waals surface area contributed by atoms with Crippen LogP contribution in [-0.4, -0.2) is 28.0 Å². The maximum absolute atomic E-state index is 12.0. The van der Waals surface area contributed by atoms with Gasteiger partial charge in [-0.15, -0.1) is 0 Å². The van der Waals surface area contributed by atoms with Gasteiger partial charge in [-0.3, -0.25) is 10.1 Å². The molecule has 8 nitrogen and oxygen atoms in total. The van der Waals surface area contributed by atoms with Crippen molar-refractivity contribution in [3.63, 3.8) is 0 Å². The predicted octanol–water partition coefficient (Wildman–Crippen LogP) is 4.87. The summed E-state index contributed by atoms with van der Waals surface area (Å²) in [6.45, 7) is 4.03. The molecule has 0 aliphatic carbocycles. The average Bonchev–Trinajstić information content (AvgIpc) is 2.80. The first-order valence-electron chi connectivity index (χ1n) is 10.5. The van der Waals surface area contributed by atoms with Crippen molar-refractivity contribution in [3.05, 3.63) is 76.1 Å². The Morgan fingerprint density at radius 2 is 1.90 bits per heavy atom. The van der Waals surface area contributed by atoms with Gasteiger partial charge in [0.25, 0.3) is 0 Å². The van der Waals surface area contributed by atoms with E-state index in [1.165, 1.54) is 11.9 Å². The number of hydrogen-bond acceptors (Lipinski definition) is 7. The molecule has 0 spiro atoms. The first-order valence-corrected chi connectivity index (χ1v) is 10.5. The monoisotopic (exact) mass is 419 g/mol. The molecular weight excluding hydrogens is 394 g/mol. The van der Waals surface area contributed by atoms with E-state index in [1.807, 2.05) is 41.3 Å². The van der Waals surface area contributed by atoms with Crippen LogP contribution in [0.15, 0.2) is 54.9 Å². The van der Waals surface area contributed by atoms with E-state index in [9.17, 15) is 10.1 Å². The van der Waals surface area contributed by atoms with Gasteiger partial charge in [-0.1, -0.05) is 37.6 Å². The number of nitro groups is 1. The molecule has 160 valence electrons. The lowest BCUT2D eigenvalue weighted by molar-refractivity contribution is -0.383. The van der Waals surface area contributed by atoms with Crippen molar-refractivity contribution in [1.82, 2.24) is 9.97 Å². The Balaban J connectivity index is 1.56. The molecule has 0 radical (unpaired) electrons. The van der Waals surface area contributed by atoms with Gasteiger partial charge in [-0.25, -0.2) is 9.97 Å². The lowest BCUT2D eigenvalue weighted by Crippen LogP contribution is -2.31. The first kappa shape index (κ1) is 20.6. The Kier molecular flexibility index (Phi) is 6.26. The minimum Gasteiger partial charge on any atom is -0.494 e. The van der Waals surface area contributed by atoms with Gasteiger partial charge < -0.3 is 15.0 Å². The molecule has 31 heavy (non-hydrogen) atoms. The number of fused-ring (bicyclic) bond motifs is 1. The van der Waals surface area contributed by atoms with Crippen molar-refractivity contribution in [2.75, 3.05) is 23.4 Å². The highest BCUT2D eigenvalue weighted by molar-refractivity contribution is 5.74. The van der Waals surface area contributed by atoms with Crippen LogP contribution in [0, 0.1) is 10.1 Å². The minimum atomic E-state index is -0.416. The normalized spacial score (nSPS) is 12.9. The second kappa shape index (κ2) is 9.42. The zero-order chi connectivity index (χ0) is 21.6. The van der Waals surface area contributed by atoms with Crippen LogP contribution in [0.5, 0.6) is 5.75 Å². The van der Waals surface area contributed by atoms with E-state index in [-0.39, 0.29) is 11.5 Å². The highest BCUT2D eigenvalue weighted by Crippen LogP contribution is 2.36. The summed E-state index contributed by atoms with van der Waals surface area (Å²) in [7, 11) is 0. The van der Waals surface area contributed by atoms with Gasteiger partial charge in [-0.2, -0.15) is 0 Å². The highest BCUT2D eigenvalue weighted by atomic mass is 16.6. The van der Waals surface area contributed by atoms with Crippen LogP contribution in [-0.2, 0) is 13.0 Å². The summed E-state index contributed by atoms with van der Waals surface area (Å²) in [5, 5.41) is 15.0. The SMILES string of the molecule is CCCCOc1ccc(Nc2ncnc(N3CCc4ccccc4C3)c2[N+](=O)[O-])cc1. The summed E-state index contributed by atoms with van der Waals surface area (Å²) >= 11 is 0. The van der Waals surface area contributed by atoms with E-state index in [0.717, 1.165) is 30.6 Å². The molecule has 2 heterocycles. The van der Waals surface area contributed by atoms with E-state index in [0.29, 0.717) is 31.2 Å². The zero-order valence-electron chi connectivity index (χ0n) is 17.5. The molecule has 1 N–H and O–H groups in total. The van der Waals surface area contributed by atoms with E-state index < -0.39 is 4.92 Å². The summed E-state index contributed by atoms with van der Waals surface area (Å²) in [5.41, 5.74) is 3.01. The van der Waals surface area contributed by atoms with Crippen molar-refractivity contribution in [1.29, 1.82) is 0 Å². The van der Waals surface area contributed by atoms with Gasteiger partial charge in [0.1, 0.15) is 12.1 Å². The maximum Gasteiger partial charge on any atom is 0.353 e. The standard InChI is InChI=1S/C23H25N5O3/c1-2-3-14-31-20-10-8-19(9-11-20)26-22-21(28(29)30)23(25-16-24-22)27-13-12-17-6-4-5-7-18(17)15-27/h4-11,16H,2-3,12-15H2,1H3,(H,24,25,26). The fourth-order valence-corrected chi connectivity index (χ4v) is 3.64. The maximum atomic E-state index is 12.0. The van der Waals surface area contributed by atoms with Crippen LogP contribution in [0.25, 0.3) is 0 Å². The summed E-state index contributed by atoms with van der Waals surface area (Å²) in [5.74, 6) is 1.27. The number of ether oxygens (including phenoxy) is 1. The molecule has 8 heteroatoms. The number of anilines is 3. The first-order chi connectivity index (χ1) is 15.2. The number of unbranched alkanes of at least 4 members (excludes halogenated alkanes) is 1. The van der Waals surface area contributed by atoms with Crippen LogP contribution in [0.3, 0.4) is 0 Å². The van der Waals surface area contributed by atoms with Gasteiger partial charge in [0, 0.05) is 18.8 Å². The molecule has 0 saturated heterocycles. The van der Waals surface area contributed by atoms with Crippen LogP contribution in [0.4, 0.5) is 23.0 Å². The van der Waals surface area contributed by atoms with Crippen LogP contribution >= 0.6 is 0 Å². The lowest BCUT2D eigenvalue weighted by atomic mass is 10.00. The number of nitrogens with one attached hydrogen (secondary N) is 1. The summed E-state index contributed by atoms with van der Waals surface area (Å²) < 4.78 is 5.67. The molecular formula is C23H25N5O3. The van der Waals surface area contributed by atoms with Crippen molar-refractivity contribution in [2.45, 2.75) is 32.7 Å². The van der Waals surface area contributed by atoms with E-state index >= 15 is 0 Å². The number of aromatic nitrogens is 2. The topological polar surface area (TPSA) is 93.4 Å². The average molecular weight is 419 g/mol. The van der Waals surface area contributed by atoms with Crippen molar-refractivity contribution in [3.8, 4) is 5.75 Å². The third kappa shape index (κ3) is 4.74. The second-order valence-corrected chi connectivity index (χ2v) is 7.44. The Labute approximate surface area is 181 Å². The van der Waals surface area contributed by atoms with Gasteiger partial charge in [-0.05, 0) is 48.2 Å². The molecule has 3 aromatic rings. The van der Waals surface area contributed by atoms with Crippen LogP contribution < -0.4 is 15.0 Å². The third-order valence-electron chi connectivity index (χ3n) is 5.30. The Morgan fingerprint density at radius 3 is 2.65 bits per heavy atom. The molecule has 0 saturated carbocycles. The fourth-order valence-electron chi connectivity index (χ4n) is 3.64. The second-order valence-electron chi connectivity index (χ2n) is 7.44. The Hall–Kier alpha value is -3.68. The predicted molar refractivity (Wildman–Crippen MR) is 120 cm³/mol. The smallest absolute Gasteiger partial charge is 0.353 e. The van der Waals surface area contributed by atoms with E-state index in [1.54, 1.807) is 0 Å². The van der Waals surface area contributed by atoms with Crippen molar-refractivity contribution >= 4 is 23.0 Å². The number of hydrogen-bond donors (Lipinski definition) is 1. The highest BCUT2D eigenvalue weighted by Gasteiger charge is 2.29. The fraction of sp³-hybridized carbons (Fsp3) is 0.304. The molecule has 0 atom stereocenters. The van der Waals surface area contributed by atoms with E-state index in [4.69, 9.17) is 4.74 Å². The molecule has 2 aromatic carbocycles. The Bertz CT molecular complexity index is 1060. The zero-order valence-corrected chi connectivity index (χ0v) is 17.5. The van der Waals surface area contributed by atoms with Gasteiger partial charge in [0.15, 0.2) is 0 Å². The largest absolute Gasteiger partial charge is 0.494 e. The number of rotatable bonds is 8. The third-order valence-corrected chi connectivity index (χ3v) is 5.30. The van der Waals surface area contributed by atoms with Crippen molar-refractivity contribution < 1.29 is 9.66 Å². The van der Waals surface area contributed by atoms with Crippen LogP contribution in [0.2, 0.25) is 0 Å². The lowest BCUT2D eigenvalue weighted by Gasteiger charge is -2.29.